The van der Waals surface area contributed by atoms with Crippen molar-refractivity contribution in [1.82, 2.24) is 15.5 Å². The Labute approximate surface area is 113 Å². The van der Waals surface area contributed by atoms with E-state index >= 15 is 0 Å². The van der Waals surface area contributed by atoms with E-state index < -0.39 is 5.60 Å². The molecule has 2 rings (SSSR count). The highest BCUT2D eigenvalue weighted by molar-refractivity contribution is 5.77. The van der Waals surface area contributed by atoms with E-state index in [0.29, 0.717) is 6.54 Å². The van der Waals surface area contributed by atoms with Crippen molar-refractivity contribution in [3.63, 3.8) is 0 Å². The summed E-state index contributed by atoms with van der Waals surface area (Å²) in [4.78, 5) is 11.9. The SMILES string of the molecule is Cc1n[nH]c(C)c1CNC(=O)CC1(O)CCCCC1. The molecule has 5 heteroatoms. The number of aromatic amines is 1. The molecule has 19 heavy (non-hydrogen) atoms. The number of hydrogen-bond acceptors (Lipinski definition) is 3. The highest BCUT2D eigenvalue weighted by Crippen LogP contribution is 2.30. The number of carbonyl (C=O) groups excluding carboxylic acids is 1. The Morgan fingerprint density at radius 3 is 2.63 bits per heavy atom. The molecule has 1 heterocycles. The van der Waals surface area contributed by atoms with E-state index in [1.54, 1.807) is 0 Å². The maximum Gasteiger partial charge on any atom is 0.223 e. The zero-order chi connectivity index (χ0) is 13.9. The first-order chi connectivity index (χ1) is 9.00. The van der Waals surface area contributed by atoms with Crippen LogP contribution in [0, 0.1) is 13.8 Å². The van der Waals surface area contributed by atoms with Gasteiger partial charge in [-0.2, -0.15) is 5.10 Å². The van der Waals surface area contributed by atoms with Crippen LogP contribution in [-0.4, -0.2) is 26.8 Å². The second kappa shape index (κ2) is 5.74. The van der Waals surface area contributed by atoms with E-state index in [-0.39, 0.29) is 12.3 Å². The predicted octanol–water partition coefficient (Wildman–Crippen LogP) is 1.73. The van der Waals surface area contributed by atoms with E-state index in [9.17, 15) is 9.90 Å². The van der Waals surface area contributed by atoms with Crippen LogP contribution < -0.4 is 5.32 Å². The number of amides is 1. The number of nitrogens with zero attached hydrogens (tertiary/aromatic N) is 1. The van der Waals surface area contributed by atoms with Crippen LogP contribution in [0.5, 0.6) is 0 Å². The third-order valence-corrected chi connectivity index (χ3v) is 4.02. The molecule has 5 nitrogen and oxygen atoms in total. The summed E-state index contributed by atoms with van der Waals surface area (Å²) in [6, 6.07) is 0. The Kier molecular flexibility index (Phi) is 4.24. The van der Waals surface area contributed by atoms with Gasteiger partial charge >= 0.3 is 0 Å². The molecular weight excluding hydrogens is 242 g/mol. The average Bonchev–Trinajstić information content (AvgIpc) is 2.67. The highest BCUT2D eigenvalue weighted by atomic mass is 16.3. The molecule has 1 aromatic heterocycles. The van der Waals surface area contributed by atoms with Gasteiger partial charge in [0.25, 0.3) is 0 Å². The smallest absolute Gasteiger partial charge is 0.223 e. The molecule has 0 saturated heterocycles. The van der Waals surface area contributed by atoms with Crippen molar-refractivity contribution in [1.29, 1.82) is 0 Å². The first kappa shape index (κ1) is 14.1. The molecule has 1 fully saturated rings. The van der Waals surface area contributed by atoms with E-state index in [1.165, 1.54) is 0 Å². The molecule has 0 unspecified atom stereocenters. The van der Waals surface area contributed by atoms with Gasteiger partial charge in [0.05, 0.1) is 17.7 Å². The van der Waals surface area contributed by atoms with Gasteiger partial charge in [-0.25, -0.2) is 0 Å². The van der Waals surface area contributed by atoms with Crippen molar-refractivity contribution >= 4 is 5.91 Å². The van der Waals surface area contributed by atoms with Gasteiger partial charge < -0.3 is 10.4 Å². The minimum Gasteiger partial charge on any atom is -0.389 e. The monoisotopic (exact) mass is 265 g/mol. The molecule has 0 spiro atoms. The van der Waals surface area contributed by atoms with Crippen molar-refractivity contribution in [3.8, 4) is 0 Å². The Morgan fingerprint density at radius 1 is 1.37 bits per heavy atom. The lowest BCUT2D eigenvalue weighted by Crippen LogP contribution is -2.38. The van der Waals surface area contributed by atoms with Gasteiger partial charge in [-0.1, -0.05) is 19.3 Å². The molecule has 1 aromatic rings. The van der Waals surface area contributed by atoms with E-state index in [2.05, 4.69) is 15.5 Å². The number of hydrogen-bond donors (Lipinski definition) is 3. The maximum absolute atomic E-state index is 11.9. The first-order valence-corrected chi connectivity index (χ1v) is 7.00. The molecule has 1 amide bonds. The van der Waals surface area contributed by atoms with Crippen LogP contribution in [0.4, 0.5) is 0 Å². The fourth-order valence-corrected chi connectivity index (χ4v) is 2.77. The zero-order valence-corrected chi connectivity index (χ0v) is 11.8. The molecule has 0 aliphatic heterocycles. The molecule has 0 radical (unpaired) electrons. The Balaban J connectivity index is 1.85. The minimum atomic E-state index is -0.789. The molecule has 1 aliphatic carbocycles. The van der Waals surface area contributed by atoms with Crippen LogP contribution in [0.3, 0.4) is 0 Å². The van der Waals surface area contributed by atoms with Gasteiger partial charge in [-0.3, -0.25) is 9.89 Å². The van der Waals surface area contributed by atoms with E-state index in [4.69, 9.17) is 0 Å². The Morgan fingerprint density at radius 2 is 2.05 bits per heavy atom. The summed E-state index contributed by atoms with van der Waals surface area (Å²) in [7, 11) is 0. The van der Waals surface area contributed by atoms with Crippen LogP contribution in [0.25, 0.3) is 0 Å². The second-order valence-corrected chi connectivity index (χ2v) is 5.65. The minimum absolute atomic E-state index is 0.0793. The lowest BCUT2D eigenvalue weighted by atomic mass is 9.82. The van der Waals surface area contributed by atoms with Gasteiger partial charge in [0, 0.05) is 17.8 Å². The van der Waals surface area contributed by atoms with Gasteiger partial charge in [0.1, 0.15) is 0 Å². The number of aromatic nitrogens is 2. The molecule has 3 N–H and O–H groups in total. The largest absolute Gasteiger partial charge is 0.389 e. The topological polar surface area (TPSA) is 78.0 Å². The molecule has 0 bridgehead atoms. The molecule has 0 atom stereocenters. The summed E-state index contributed by atoms with van der Waals surface area (Å²) < 4.78 is 0. The third kappa shape index (κ3) is 3.56. The van der Waals surface area contributed by atoms with Crippen molar-refractivity contribution in [2.75, 3.05) is 0 Å². The zero-order valence-electron chi connectivity index (χ0n) is 11.8. The summed E-state index contributed by atoms with van der Waals surface area (Å²) >= 11 is 0. The fraction of sp³-hybridized carbons (Fsp3) is 0.714. The fourth-order valence-electron chi connectivity index (χ4n) is 2.77. The number of carbonyl (C=O) groups is 1. The van der Waals surface area contributed by atoms with Crippen LogP contribution in [0.1, 0.15) is 55.5 Å². The van der Waals surface area contributed by atoms with Crippen molar-refractivity contribution in [3.05, 3.63) is 17.0 Å². The summed E-state index contributed by atoms with van der Waals surface area (Å²) in [5, 5.41) is 20.2. The molecule has 1 aliphatic rings. The number of aryl methyl sites for hydroxylation is 2. The third-order valence-electron chi connectivity index (χ3n) is 4.02. The average molecular weight is 265 g/mol. The predicted molar refractivity (Wildman–Crippen MR) is 72.6 cm³/mol. The molecule has 106 valence electrons. The maximum atomic E-state index is 11.9. The van der Waals surface area contributed by atoms with Crippen molar-refractivity contribution in [2.24, 2.45) is 0 Å². The van der Waals surface area contributed by atoms with E-state index in [0.717, 1.165) is 49.1 Å². The number of aliphatic hydroxyl groups is 1. The van der Waals surface area contributed by atoms with Crippen LogP contribution in [0.15, 0.2) is 0 Å². The van der Waals surface area contributed by atoms with Crippen LogP contribution >= 0.6 is 0 Å². The summed E-state index contributed by atoms with van der Waals surface area (Å²) in [5.74, 6) is -0.0793. The van der Waals surface area contributed by atoms with Crippen molar-refractivity contribution < 1.29 is 9.90 Å². The standard InChI is InChI=1S/C14H23N3O2/c1-10-12(11(2)17-16-10)9-15-13(18)8-14(19)6-4-3-5-7-14/h19H,3-9H2,1-2H3,(H,15,18)(H,16,17). The Bertz CT molecular complexity index is 428. The number of nitrogens with one attached hydrogen (secondary N) is 2. The summed E-state index contributed by atoms with van der Waals surface area (Å²) in [6.07, 6.45) is 4.89. The quantitative estimate of drug-likeness (QED) is 0.775. The van der Waals surface area contributed by atoms with Gasteiger partial charge in [0.2, 0.25) is 5.91 Å². The first-order valence-electron chi connectivity index (χ1n) is 7.00. The number of rotatable bonds is 4. The lowest BCUT2D eigenvalue weighted by molar-refractivity contribution is -0.127. The highest BCUT2D eigenvalue weighted by Gasteiger charge is 2.31. The van der Waals surface area contributed by atoms with Crippen LogP contribution in [-0.2, 0) is 11.3 Å². The summed E-state index contributed by atoms with van der Waals surface area (Å²) in [5.41, 5.74) is 2.13. The van der Waals surface area contributed by atoms with E-state index in [1.807, 2.05) is 13.8 Å². The molecule has 1 saturated carbocycles. The lowest BCUT2D eigenvalue weighted by Gasteiger charge is -2.31. The normalized spacial score (nSPS) is 18.3. The summed E-state index contributed by atoms with van der Waals surface area (Å²) in [6.45, 7) is 4.33. The molecule has 0 aromatic carbocycles. The second-order valence-electron chi connectivity index (χ2n) is 5.65. The van der Waals surface area contributed by atoms with Gasteiger partial charge in [-0.05, 0) is 26.7 Å². The number of H-pyrrole nitrogens is 1. The Hall–Kier alpha value is -1.36. The van der Waals surface area contributed by atoms with Gasteiger partial charge in [0.15, 0.2) is 0 Å². The van der Waals surface area contributed by atoms with Gasteiger partial charge in [-0.15, -0.1) is 0 Å². The van der Waals surface area contributed by atoms with Crippen molar-refractivity contribution in [2.45, 2.75) is 64.5 Å². The molecular formula is C14H23N3O2. The van der Waals surface area contributed by atoms with Crippen LogP contribution in [0.2, 0.25) is 0 Å².